The summed E-state index contributed by atoms with van der Waals surface area (Å²) in [6.07, 6.45) is 7.36. The van der Waals surface area contributed by atoms with Gasteiger partial charge in [0.25, 0.3) is 11.8 Å². The van der Waals surface area contributed by atoms with Crippen molar-refractivity contribution in [3.63, 3.8) is 0 Å². The first-order valence-electron chi connectivity index (χ1n) is 22.1. The van der Waals surface area contributed by atoms with Crippen LogP contribution in [0.25, 0.3) is 4.85 Å². The molecule has 6 heterocycles. The Hall–Kier alpha value is -5.00. The van der Waals surface area contributed by atoms with Crippen molar-refractivity contribution in [3.8, 4) is 0 Å². The Morgan fingerprint density at radius 2 is 1.43 bits per heavy atom. The summed E-state index contributed by atoms with van der Waals surface area (Å²) in [7, 11) is 0. The number of nitrogens with one attached hydrogen (secondary N) is 1. The van der Waals surface area contributed by atoms with Crippen LogP contribution in [0.2, 0.25) is 5.02 Å². The smallest absolute Gasteiger partial charge is 0.262 e. The van der Waals surface area contributed by atoms with Crippen molar-refractivity contribution in [3.05, 3.63) is 63.5 Å². The fourth-order valence-corrected chi connectivity index (χ4v) is 12.5. The van der Waals surface area contributed by atoms with Gasteiger partial charge < -0.3 is 19.6 Å². The lowest BCUT2D eigenvalue weighted by Gasteiger charge is -2.69. The number of anilines is 2. The van der Waals surface area contributed by atoms with Crippen LogP contribution in [0.4, 0.5) is 17.1 Å². The molecule has 8 fully saturated rings. The number of piperidine rings is 3. The van der Waals surface area contributed by atoms with Crippen molar-refractivity contribution < 1.29 is 28.8 Å². The normalized spacial score (nSPS) is 28.7. The molecule has 5 saturated heterocycles. The second kappa shape index (κ2) is 14.8. The second-order valence-electron chi connectivity index (χ2n) is 19.4. The Kier molecular flexibility index (Phi) is 9.75. The minimum absolute atomic E-state index is 0.0890. The maximum atomic E-state index is 13.9. The highest BCUT2D eigenvalue weighted by molar-refractivity contribution is 6.34. The first-order chi connectivity index (χ1) is 29.3. The molecule has 1 unspecified atom stereocenters. The number of benzene rings is 2. The molecule has 15 heteroatoms. The maximum absolute atomic E-state index is 13.9. The Labute approximate surface area is 361 Å². The van der Waals surface area contributed by atoms with Crippen LogP contribution in [0.1, 0.15) is 90.5 Å². The van der Waals surface area contributed by atoms with Crippen LogP contribution in [-0.2, 0) is 19.2 Å². The van der Waals surface area contributed by atoms with E-state index in [1.54, 1.807) is 12.1 Å². The summed E-state index contributed by atoms with van der Waals surface area (Å²) in [5.74, 6) is -0.958. The molecule has 9 aliphatic rings. The highest BCUT2D eigenvalue weighted by Crippen LogP contribution is 2.74. The number of piperazine rings is 1. The molecule has 1 N–H and O–H groups in total. The second-order valence-corrected chi connectivity index (χ2v) is 19.8. The number of nitrogens with zero attached hydrogens (tertiary/aromatic N) is 7. The highest BCUT2D eigenvalue weighted by Gasteiger charge is 2.76. The van der Waals surface area contributed by atoms with Crippen molar-refractivity contribution in [1.82, 2.24) is 24.9 Å². The van der Waals surface area contributed by atoms with E-state index in [0.717, 1.165) is 126 Å². The van der Waals surface area contributed by atoms with E-state index in [1.165, 1.54) is 0 Å². The average molecular weight is 849 g/mol. The van der Waals surface area contributed by atoms with Crippen molar-refractivity contribution in [2.24, 2.45) is 22.2 Å². The summed E-state index contributed by atoms with van der Waals surface area (Å²) >= 11 is 6.51. The third kappa shape index (κ3) is 6.60. The Bertz CT molecular complexity index is 2260. The standard InChI is InChI=1S/C46H53ClN8O6/c1-29-35(6-5-34(48-2)38(29)47)54-18-13-44(28-54)11-16-52(17-12-44)42(60)45-25-46(26-45,27-45)43(61)53-21-19-50(20-22-53)24-30-9-14-51(15-10-30)31-3-4-32-33(23-31)41(59)55(40(32)58)36-7-8-37(56)49-39(36)57/h3-6,23,30,36H,7-22,24-28H2,1H3,(H,49,56,57). The predicted octanol–water partition coefficient (Wildman–Crippen LogP) is 4.65. The van der Waals surface area contributed by atoms with Gasteiger partial charge in [-0.2, -0.15) is 0 Å². The van der Waals surface area contributed by atoms with Gasteiger partial charge in [-0.1, -0.05) is 17.7 Å². The molecule has 3 saturated carbocycles. The number of hydrogen-bond acceptors (Lipinski definition) is 9. The van der Waals surface area contributed by atoms with Crippen molar-refractivity contribution in [2.75, 3.05) is 81.8 Å². The minimum atomic E-state index is -0.977. The zero-order chi connectivity index (χ0) is 42.4. The molecule has 2 aromatic carbocycles. The number of rotatable bonds is 7. The molecule has 11 rings (SSSR count). The summed E-state index contributed by atoms with van der Waals surface area (Å²) in [4.78, 5) is 94.2. The molecular formula is C46H53ClN8O6. The van der Waals surface area contributed by atoms with Crippen LogP contribution in [0, 0.1) is 35.7 Å². The zero-order valence-corrected chi connectivity index (χ0v) is 35.6. The first-order valence-corrected chi connectivity index (χ1v) is 22.5. The third-order valence-electron chi connectivity index (χ3n) is 15.9. The lowest BCUT2D eigenvalue weighted by Crippen LogP contribution is -2.73. The van der Waals surface area contributed by atoms with Gasteiger partial charge in [-0.25, -0.2) is 4.85 Å². The highest BCUT2D eigenvalue weighted by atomic mass is 35.5. The van der Waals surface area contributed by atoms with Gasteiger partial charge in [0.1, 0.15) is 6.04 Å². The summed E-state index contributed by atoms with van der Waals surface area (Å²) in [6.45, 7) is 18.6. The first kappa shape index (κ1) is 40.1. The summed E-state index contributed by atoms with van der Waals surface area (Å²) in [5, 5.41) is 2.78. The molecule has 61 heavy (non-hydrogen) atoms. The van der Waals surface area contributed by atoms with Gasteiger partial charge in [-0.3, -0.25) is 43.9 Å². The molecular weight excluding hydrogens is 796 g/mol. The fourth-order valence-electron chi connectivity index (χ4n) is 12.3. The number of carbonyl (C=O) groups is 6. The van der Waals surface area contributed by atoms with Gasteiger partial charge >= 0.3 is 0 Å². The molecule has 1 atom stereocenters. The monoisotopic (exact) mass is 848 g/mol. The summed E-state index contributed by atoms with van der Waals surface area (Å²) in [6, 6.07) is 8.20. The molecule has 6 amide bonds. The van der Waals surface area contributed by atoms with Crippen molar-refractivity contribution in [1.29, 1.82) is 0 Å². The molecule has 3 aliphatic carbocycles. The quantitative estimate of drug-likeness (QED) is 0.312. The molecule has 0 radical (unpaired) electrons. The Morgan fingerprint density at radius 1 is 0.787 bits per heavy atom. The molecule has 14 nitrogen and oxygen atoms in total. The largest absolute Gasteiger partial charge is 0.371 e. The molecule has 2 bridgehead atoms. The van der Waals surface area contributed by atoms with E-state index >= 15 is 0 Å². The fraction of sp³-hybridized carbons (Fsp3) is 0.587. The van der Waals surface area contributed by atoms with Crippen LogP contribution < -0.4 is 15.1 Å². The van der Waals surface area contributed by atoms with Crippen molar-refractivity contribution >= 4 is 64.1 Å². The Morgan fingerprint density at radius 3 is 2.08 bits per heavy atom. The van der Waals surface area contributed by atoms with E-state index < -0.39 is 29.7 Å². The Balaban J connectivity index is 0.654. The lowest BCUT2D eigenvalue weighted by molar-refractivity contribution is -0.223. The van der Waals surface area contributed by atoms with E-state index in [9.17, 15) is 28.8 Å². The summed E-state index contributed by atoms with van der Waals surface area (Å²) < 4.78 is 0. The van der Waals surface area contributed by atoms with Crippen LogP contribution >= 0.6 is 11.6 Å². The minimum Gasteiger partial charge on any atom is -0.371 e. The SMILES string of the molecule is [C-]#[N+]c1ccc(N2CCC3(CCN(C(=O)C45CC(C(=O)N6CCN(CC7CCN(c8ccc9c(c8)C(=O)N(C8CCC(=O)NC8=O)C9=O)CC7)CC6)(C4)C5)CC3)C2)c(C)c1Cl. The van der Waals surface area contributed by atoms with E-state index in [0.29, 0.717) is 47.0 Å². The van der Waals surface area contributed by atoms with E-state index in [-0.39, 0.29) is 40.9 Å². The van der Waals surface area contributed by atoms with Crippen molar-refractivity contribution in [2.45, 2.75) is 77.2 Å². The van der Waals surface area contributed by atoms with Crippen LogP contribution in [0.5, 0.6) is 0 Å². The van der Waals surface area contributed by atoms with Gasteiger partial charge in [-0.15, -0.1) is 0 Å². The average Bonchev–Trinajstić information content (AvgIpc) is 3.75. The number of likely N-dealkylation sites (tertiary alicyclic amines) is 1. The third-order valence-corrected chi connectivity index (χ3v) is 16.3. The number of amides is 6. The molecule has 2 aromatic rings. The number of carbonyl (C=O) groups excluding carboxylic acids is 6. The molecule has 6 aliphatic heterocycles. The number of fused-ring (bicyclic) bond motifs is 1. The number of hydrogen-bond donors (Lipinski definition) is 1. The van der Waals surface area contributed by atoms with Gasteiger partial charge in [-0.05, 0) is 106 Å². The van der Waals surface area contributed by atoms with Gasteiger partial charge in [0, 0.05) is 89.8 Å². The van der Waals surface area contributed by atoms with Gasteiger partial charge in [0.15, 0.2) is 0 Å². The van der Waals surface area contributed by atoms with E-state index in [2.05, 4.69) is 34.7 Å². The molecule has 0 aromatic heterocycles. The van der Waals surface area contributed by atoms with E-state index in [4.69, 9.17) is 18.2 Å². The van der Waals surface area contributed by atoms with Crippen LogP contribution in [-0.4, -0.2) is 133 Å². The number of imide groups is 2. The summed E-state index contributed by atoms with van der Waals surface area (Å²) in [5.41, 5.74) is 3.53. The van der Waals surface area contributed by atoms with Gasteiger partial charge in [0.2, 0.25) is 29.3 Å². The molecule has 1 spiro atoms. The number of halogens is 1. The zero-order valence-electron chi connectivity index (χ0n) is 34.8. The predicted molar refractivity (Wildman–Crippen MR) is 227 cm³/mol. The van der Waals surface area contributed by atoms with Crippen LogP contribution in [0.15, 0.2) is 30.3 Å². The topological polar surface area (TPSA) is 138 Å². The van der Waals surface area contributed by atoms with Crippen LogP contribution in [0.3, 0.4) is 0 Å². The lowest BCUT2D eigenvalue weighted by atomic mass is 9.34. The van der Waals surface area contributed by atoms with E-state index in [1.807, 2.05) is 25.1 Å². The molecule has 320 valence electrons. The maximum Gasteiger partial charge on any atom is 0.262 e. The van der Waals surface area contributed by atoms with Gasteiger partial charge in [0.05, 0.1) is 33.6 Å².